The van der Waals surface area contributed by atoms with Gasteiger partial charge in [0.2, 0.25) is 5.91 Å². The molecule has 1 N–H and O–H groups in total. The molecule has 0 saturated carbocycles. The third-order valence-corrected chi connectivity index (χ3v) is 7.77. The fourth-order valence-electron chi connectivity index (χ4n) is 4.87. The molecule has 0 aliphatic carbocycles. The van der Waals surface area contributed by atoms with Gasteiger partial charge in [-0.25, -0.2) is 4.79 Å². The summed E-state index contributed by atoms with van der Waals surface area (Å²) in [5.74, 6) is 0.856. The number of benzene rings is 3. The van der Waals surface area contributed by atoms with Crippen LogP contribution in [0.5, 0.6) is 5.75 Å². The van der Waals surface area contributed by atoms with Gasteiger partial charge in [0.1, 0.15) is 11.9 Å². The second kappa shape index (κ2) is 13.8. The summed E-state index contributed by atoms with van der Waals surface area (Å²) in [5.41, 5.74) is 3.79. The molecule has 1 saturated heterocycles. The van der Waals surface area contributed by atoms with Gasteiger partial charge in [-0.1, -0.05) is 54.0 Å². The Balaban J connectivity index is 1.35. The van der Waals surface area contributed by atoms with Crippen LogP contribution < -0.4 is 10.1 Å². The molecule has 6 nitrogen and oxygen atoms in total. The summed E-state index contributed by atoms with van der Waals surface area (Å²) < 4.78 is 12.3. The lowest BCUT2D eigenvalue weighted by atomic mass is 9.89. The maximum atomic E-state index is 12.1. The normalized spacial score (nSPS) is 15.1. The number of ether oxygens (including phenoxy) is 2. The molecule has 0 radical (unpaired) electrons. The molecule has 0 bridgehead atoms. The number of nitrogens with zero attached hydrogens (tertiary/aromatic N) is 1. The Hall–Kier alpha value is -3.16. The SMILES string of the molecule is COC(=O)c1ccc(OC(CCN2CCC(c3cccc(NC(=O)C(C)C)c3)CC2)c2ccc(Br)cc2)cc1. The van der Waals surface area contributed by atoms with Crippen LogP contribution in [0.3, 0.4) is 0 Å². The van der Waals surface area contributed by atoms with Gasteiger partial charge in [-0.15, -0.1) is 0 Å². The number of methoxy groups -OCH3 is 1. The largest absolute Gasteiger partial charge is 0.486 e. The Morgan fingerprint density at radius 3 is 2.33 bits per heavy atom. The number of likely N-dealkylation sites (tertiary alicyclic amines) is 1. The molecule has 0 aromatic heterocycles. The molecular weight excluding hydrogens is 556 g/mol. The van der Waals surface area contributed by atoms with Crippen molar-refractivity contribution in [3.05, 3.63) is 94.0 Å². The number of carbonyl (C=O) groups excluding carboxylic acids is 2. The van der Waals surface area contributed by atoms with E-state index in [1.165, 1.54) is 12.7 Å². The lowest BCUT2D eigenvalue weighted by molar-refractivity contribution is -0.118. The molecule has 0 spiro atoms. The van der Waals surface area contributed by atoms with E-state index < -0.39 is 0 Å². The smallest absolute Gasteiger partial charge is 0.337 e. The van der Waals surface area contributed by atoms with Crippen LogP contribution in [0.1, 0.15) is 66.6 Å². The van der Waals surface area contributed by atoms with Crippen molar-refractivity contribution in [2.24, 2.45) is 5.92 Å². The Kier molecular flexibility index (Phi) is 10.2. The Morgan fingerprint density at radius 2 is 1.69 bits per heavy atom. The molecule has 1 aliphatic heterocycles. The van der Waals surface area contributed by atoms with Crippen LogP contribution >= 0.6 is 15.9 Å². The van der Waals surface area contributed by atoms with E-state index in [1.807, 2.05) is 50.2 Å². The first-order valence-corrected chi connectivity index (χ1v) is 14.4. The summed E-state index contributed by atoms with van der Waals surface area (Å²) in [6, 6.07) is 23.7. The summed E-state index contributed by atoms with van der Waals surface area (Å²) >= 11 is 3.52. The number of piperidine rings is 1. The second-order valence-electron chi connectivity index (χ2n) is 10.3. The average Bonchev–Trinajstić information content (AvgIpc) is 2.96. The van der Waals surface area contributed by atoms with Crippen molar-refractivity contribution < 1.29 is 19.1 Å². The summed E-state index contributed by atoms with van der Waals surface area (Å²) in [7, 11) is 1.38. The lowest BCUT2D eigenvalue weighted by Crippen LogP contribution is -2.34. The highest BCUT2D eigenvalue weighted by Crippen LogP contribution is 2.31. The van der Waals surface area contributed by atoms with Gasteiger partial charge < -0.3 is 19.7 Å². The minimum atomic E-state index is -0.360. The summed E-state index contributed by atoms with van der Waals surface area (Å²) in [6.07, 6.45) is 2.91. The van der Waals surface area contributed by atoms with Crippen molar-refractivity contribution >= 4 is 33.5 Å². The van der Waals surface area contributed by atoms with Gasteiger partial charge in [0.05, 0.1) is 12.7 Å². The molecule has 1 unspecified atom stereocenters. The zero-order valence-corrected chi connectivity index (χ0v) is 24.4. The molecular formula is C32H37BrN2O4. The first kappa shape index (κ1) is 28.8. The van der Waals surface area contributed by atoms with E-state index in [2.05, 4.69) is 50.4 Å². The minimum absolute atomic E-state index is 0.0404. The Bertz CT molecular complexity index is 1240. The quantitative estimate of drug-likeness (QED) is 0.252. The van der Waals surface area contributed by atoms with Gasteiger partial charge in [-0.05, 0) is 91.5 Å². The van der Waals surface area contributed by atoms with Crippen LogP contribution in [0.4, 0.5) is 5.69 Å². The summed E-state index contributed by atoms with van der Waals surface area (Å²) in [5, 5.41) is 3.02. The van der Waals surface area contributed by atoms with Crippen molar-refractivity contribution in [1.29, 1.82) is 0 Å². The Morgan fingerprint density at radius 1 is 1.00 bits per heavy atom. The first-order chi connectivity index (χ1) is 18.8. The first-order valence-electron chi connectivity index (χ1n) is 13.6. The number of amides is 1. The van der Waals surface area contributed by atoms with Crippen molar-refractivity contribution in [2.75, 3.05) is 32.1 Å². The molecule has 7 heteroatoms. The zero-order valence-electron chi connectivity index (χ0n) is 22.9. The van der Waals surface area contributed by atoms with Gasteiger partial charge in [0.15, 0.2) is 0 Å². The molecule has 3 aromatic rings. The Labute approximate surface area is 239 Å². The molecule has 1 fully saturated rings. The third kappa shape index (κ3) is 8.16. The fourth-order valence-corrected chi connectivity index (χ4v) is 5.13. The van der Waals surface area contributed by atoms with Crippen LogP contribution in [0.2, 0.25) is 0 Å². The minimum Gasteiger partial charge on any atom is -0.486 e. The number of halogens is 1. The van der Waals surface area contributed by atoms with E-state index in [-0.39, 0.29) is 23.9 Å². The summed E-state index contributed by atoms with van der Waals surface area (Å²) in [6.45, 7) is 6.78. The molecule has 39 heavy (non-hydrogen) atoms. The molecule has 1 heterocycles. The van der Waals surface area contributed by atoms with E-state index >= 15 is 0 Å². The number of nitrogens with one attached hydrogen (secondary N) is 1. The number of hydrogen-bond donors (Lipinski definition) is 1. The maximum Gasteiger partial charge on any atom is 0.337 e. The number of esters is 1. The van der Waals surface area contributed by atoms with Gasteiger partial charge in [-0.2, -0.15) is 0 Å². The van der Waals surface area contributed by atoms with Gasteiger partial charge in [-0.3, -0.25) is 4.79 Å². The van der Waals surface area contributed by atoms with Crippen LogP contribution in [0.15, 0.2) is 77.3 Å². The average molecular weight is 594 g/mol. The van der Waals surface area contributed by atoms with E-state index in [1.54, 1.807) is 12.1 Å². The number of carbonyl (C=O) groups is 2. The topological polar surface area (TPSA) is 67.9 Å². The molecule has 1 amide bonds. The van der Waals surface area contributed by atoms with Gasteiger partial charge in [0, 0.05) is 29.0 Å². The van der Waals surface area contributed by atoms with Crippen LogP contribution in [-0.4, -0.2) is 43.5 Å². The predicted molar refractivity (Wildman–Crippen MR) is 158 cm³/mol. The third-order valence-electron chi connectivity index (χ3n) is 7.24. The maximum absolute atomic E-state index is 12.1. The van der Waals surface area contributed by atoms with Gasteiger partial charge in [0.25, 0.3) is 0 Å². The van der Waals surface area contributed by atoms with E-state index in [4.69, 9.17) is 9.47 Å². The van der Waals surface area contributed by atoms with Crippen molar-refractivity contribution in [3.8, 4) is 5.75 Å². The molecule has 3 aromatic carbocycles. The molecule has 4 rings (SSSR count). The molecule has 206 valence electrons. The van der Waals surface area contributed by atoms with Crippen LogP contribution in [0.25, 0.3) is 0 Å². The van der Waals surface area contributed by atoms with Gasteiger partial charge >= 0.3 is 5.97 Å². The second-order valence-corrected chi connectivity index (χ2v) is 11.3. The highest BCUT2D eigenvalue weighted by Gasteiger charge is 2.23. The van der Waals surface area contributed by atoms with Crippen molar-refractivity contribution in [1.82, 2.24) is 4.90 Å². The monoisotopic (exact) mass is 592 g/mol. The number of anilines is 1. The van der Waals surface area contributed by atoms with E-state index in [0.29, 0.717) is 11.5 Å². The van der Waals surface area contributed by atoms with Crippen LogP contribution in [0, 0.1) is 5.92 Å². The number of hydrogen-bond acceptors (Lipinski definition) is 5. The highest BCUT2D eigenvalue weighted by molar-refractivity contribution is 9.10. The van der Waals surface area contributed by atoms with E-state index in [0.717, 1.165) is 60.4 Å². The summed E-state index contributed by atoms with van der Waals surface area (Å²) in [4.78, 5) is 26.4. The molecule has 1 atom stereocenters. The van der Waals surface area contributed by atoms with E-state index in [9.17, 15) is 9.59 Å². The van der Waals surface area contributed by atoms with Crippen molar-refractivity contribution in [3.63, 3.8) is 0 Å². The number of rotatable bonds is 10. The zero-order chi connectivity index (χ0) is 27.8. The van der Waals surface area contributed by atoms with Crippen molar-refractivity contribution in [2.45, 2.75) is 45.1 Å². The van der Waals surface area contributed by atoms with Crippen LogP contribution in [-0.2, 0) is 9.53 Å². The predicted octanol–water partition coefficient (Wildman–Crippen LogP) is 7.22. The standard InChI is InChI=1S/C32H37BrN2O4/c1-22(2)31(36)34-28-6-4-5-26(21-28)23-15-18-35(19-16-23)20-17-30(24-7-11-27(33)12-8-24)39-29-13-9-25(10-14-29)32(37)38-3/h4-14,21-23,30H,15-20H2,1-3H3,(H,34,36). The fraction of sp³-hybridized carbons (Fsp3) is 0.375. The lowest BCUT2D eigenvalue weighted by Gasteiger charge is -2.33. The molecule has 1 aliphatic rings. The highest BCUT2D eigenvalue weighted by atomic mass is 79.9.